The summed E-state index contributed by atoms with van der Waals surface area (Å²) in [5.41, 5.74) is 0. The standard InChI is InChI=1S/C15H22N2O2S/c1-3-10-20-11-9-17-12(4-2)14(18)16-8-6-5-7-13(16)15(17)19/h1,12-13H,4-11H2,2H3. The predicted octanol–water partition coefficient (Wildman–Crippen LogP) is 1.35. The van der Waals surface area contributed by atoms with Crippen LogP contribution in [0.3, 0.4) is 0 Å². The minimum Gasteiger partial charge on any atom is -0.329 e. The maximum Gasteiger partial charge on any atom is 0.246 e. The molecule has 0 aromatic carbocycles. The first-order valence-electron chi connectivity index (χ1n) is 7.32. The fourth-order valence-corrected chi connectivity index (χ4v) is 3.66. The zero-order valence-electron chi connectivity index (χ0n) is 12.0. The van der Waals surface area contributed by atoms with Gasteiger partial charge in [0.1, 0.15) is 12.1 Å². The summed E-state index contributed by atoms with van der Waals surface area (Å²) in [4.78, 5) is 28.7. The lowest BCUT2D eigenvalue weighted by molar-refractivity contribution is -0.163. The second-order valence-corrected chi connectivity index (χ2v) is 6.36. The fourth-order valence-electron chi connectivity index (χ4n) is 3.08. The zero-order valence-corrected chi connectivity index (χ0v) is 12.8. The normalized spacial score (nSPS) is 26.4. The molecule has 0 saturated carbocycles. The number of amides is 2. The second kappa shape index (κ2) is 7.03. The summed E-state index contributed by atoms with van der Waals surface area (Å²) in [6, 6.07) is -0.486. The van der Waals surface area contributed by atoms with Crippen molar-refractivity contribution in [2.45, 2.75) is 44.7 Å². The van der Waals surface area contributed by atoms with E-state index in [-0.39, 0.29) is 23.9 Å². The van der Waals surface area contributed by atoms with Gasteiger partial charge < -0.3 is 9.80 Å². The van der Waals surface area contributed by atoms with E-state index in [4.69, 9.17) is 6.42 Å². The Morgan fingerprint density at radius 1 is 1.35 bits per heavy atom. The largest absolute Gasteiger partial charge is 0.329 e. The molecule has 20 heavy (non-hydrogen) atoms. The number of fused-ring (bicyclic) bond motifs is 1. The summed E-state index contributed by atoms with van der Waals surface area (Å²) in [5, 5.41) is 0. The molecule has 2 heterocycles. The number of carbonyl (C=O) groups excluding carboxylic acids is 2. The number of rotatable bonds is 5. The number of piperidine rings is 1. The number of hydrogen-bond acceptors (Lipinski definition) is 3. The summed E-state index contributed by atoms with van der Waals surface area (Å²) in [7, 11) is 0. The van der Waals surface area contributed by atoms with Crippen molar-refractivity contribution in [3.05, 3.63) is 0 Å². The molecule has 0 bridgehead atoms. The van der Waals surface area contributed by atoms with Gasteiger partial charge in [-0.3, -0.25) is 9.59 Å². The highest BCUT2D eigenvalue weighted by atomic mass is 32.2. The maximum atomic E-state index is 12.6. The van der Waals surface area contributed by atoms with Gasteiger partial charge in [-0.1, -0.05) is 12.8 Å². The molecule has 110 valence electrons. The Labute approximate surface area is 125 Å². The van der Waals surface area contributed by atoms with Crippen molar-refractivity contribution in [2.24, 2.45) is 0 Å². The van der Waals surface area contributed by atoms with Crippen LogP contribution < -0.4 is 0 Å². The van der Waals surface area contributed by atoms with Crippen molar-refractivity contribution >= 4 is 23.6 Å². The minimum absolute atomic E-state index is 0.137. The third-order valence-corrected chi connectivity index (χ3v) is 4.91. The van der Waals surface area contributed by atoms with Crippen LogP contribution in [0.1, 0.15) is 32.6 Å². The van der Waals surface area contributed by atoms with Crippen molar-refractivity contribution in [2.75, 3.05) is 24.6 Å². The van der Waals surface area contributed by atoms with E-state index >= 15 is 0 Å². The molecule has 4 nitrogen and oxygen atoms in total. The van der Waals surface area contributed by atoms with E-state index in [1.165, 1.54) is 0 Å². The average molecular weight is 294 g/mol. The number of carbonyl (C=O) groups is 2. The van der Waals surface area contributed by atoms with Crippen molar-refractivity contribution < 1.29 is 9.59 Å². The van der Waals surface area contributed by atoms with Gasteiger partial charge in [0.25, 0.3) is 0 Å². The number of thioether (sulfide) groups is 1. The van der Waals surface area contributed by atoms with Crippen LogP contribution in [0.5, 0.6) is 0 Å². The molecule has 2 aliphatic rings. The van der Waals surface area contributed by atoms with E-state index in [0.29, 0.717) is 18.7 Å². The monoisotopic (exact) mass is 294 g/mol. The third kappa shape index (κ3) is 2.95. The van der Waals surface area contributed by atoms with Crippen molar-refractivity contribution in [1.82, 2.24) is 9.80 Å². The molecule has 2 amide bonds. The second-order valence-electron chi connectivity index (χ2n) is 5.26. The highest BCUT2D eigenvalue weighted by molar-refractivity contribution is 7.99. The Balaban J connectivity index is 2.06. The van der Waals surface area contributed by atoms with E-state index in [1.807, 2.05) is 11.8 Å². The summed E-state index contributed by atoms with van der Waals surface area (Å²) in [6.07, 6.45) is 8.78. The highest BCUT2D eigenvalue weighted by Gasteiger charge is 2.45. The first-order valence-corrected chi connectivity index (χ1v) is 8.48. The van der Waals surface area contributed by atoms with Crippen LogP contribution in [0.2, 0.25) is 0 Å². The van der Waals surface area contributed by atoms with Gasteiger partial charge in [-0.25, -0.2) is 0 Å². The lowest BCUT2D eigenvalue weighted by Gasteiger charge is -2.46. The van der Waals surface area contributed by atoms with E-state index in [2.05, 4.69) is 5.92 Å². The Kier molecular flexibility index (Phi) is 5.36. The maximum absolute atomic E-state index is 12.6. The number of nitrogens with zero attached hydrogens (tertiary/aromatic N) is 2. The summed E-state index contributed by atoms with van der Waals surface area (Å²) in [5.74, 6) is 4.31. The van der Waals surface area contributed by atoms with Gasteiger partial charge >= 0.3 is 0 Å². The molecule has 2 fully saturated rings. The van der Waals surface area contributed by atoms with Gasteiger partial charge in [-0.15, -0.1) is 18.2 Å². The van der Waals surface area contributed by atoms with Gasteiger partial charge in [-0.05, 0) is 25.7 Å². The molecule has 0 radical (unpaired) electrons. The number of hydrogen-bond donors (Lipinski definition) is 0. The Morgan fingerprint density at radius 3 is 2.85 bits per heavy atom. The molecule has 0 aromatic heterocycles. The highest BCUT2D eigenvalue weighted by Crippen LogP contribution is 2.27. The molecule has 2 aliphatic heterocycles. The summed E-state index contributed by atoms with van der Waals surface area (Å²) >= 11 is 1.64. The number of terminal acetylenes is 1. The molecule has 0 aromatic rings. The predicted molar refractivity (Wildman–Crippen MR) is 81.3 cm³/mol. The quantitative estimate of drug-likeness (QED) is 0.568. The van der Waals surface area contributed by atoms with Crippen molar-refractivity contribution in [1.29, 1.82) is 0 Å². The molecular formula is C15H22N2O2S. The SMILES string of the molecule is C#CCSCCN1C(=O)C2CCCCN2C(=O)C1CC. The molecular weight excluding hydrogens is 272 g/mol. The van der Waals surface area contributed by atoms with E-state index in [0.717, 1.165) is 31.6 Å². The van der Waals surface area contributed by atoms with Crippen LogP contribution >= 0.6 is 11.8 Å². The van der Waals surface area contributed by atoms with Crippen LogP contribution in [0.4, 0.5) is 0 Å². The Bertz CT molecular complexity index is 419. The topological polar surface area (TPSA) is 40.6 Å². The lowest BCUT2D eigenvalue weighted by atomic mass is 9.94. The van der Waals surface area contributed by atoms with Gasteiger partial charge in [0.05, 0.1) is 5.75 Å². The lowest BCUT2D eigenvalue weighted by Crippen LogP contribution is -2.65. The molecule has 0 spiro atoms. The van der Waals surface area contributed by atoms with Gasteiger partial charge in [0.15, 0.2) is 0 Å². The molecule has 2 unspecified atom stereocenters. The molecule has 5 heteroatoms. The van der Waals surface area contributed by atoms with E-state index in [9.17, 15) is 9.59 Å². The van der Waals surface area contributed by atoms with Gasteiger partial charge in [-0.2, -0.15) is 0 Å². The zero-order chi connectivity index (χ0) is 14.5. The van der Waals surface area contributed by atoms with Gasteiger partial charge in [0, 0.05) is 18.8 Å². The molecule has 0 N–H and O–H groups in total. The fraction of sp³-hybridized carbons (Fsp3) is 0.733. The molecule has 2 saturated heterocycles. The smallest absolute Gasteiger partial charge is 0.246 e. The summed E-state index contributed by atoms with van der Waals surface area (Å²) in [6.45, 7) is 3.34. The van der Waals surface area contributed by atoms with E-state index < -0.39 is 0 Å². The Hall–Kier alpha value is -1.15. The van der Waals surface area contributed by atoms with Crippen LogP contribution in [-0.4, -0.2) is 58.3 Å². The first-order chi connectivity index (χ1) is 9.70. The minimum atomic E-state index is -0.275. The average Bonchev–Trinajstić information content (AvgIpc) is 2.48. The molecule has 2 rings (SSSR count). The van der Waals surface area contributed by atoms with Crippen LogP contribution in [0, 0.1) is 12.3 Å². The van der Waals surface area contributed by atoms with Crippen molar-refractivity contribution in [3.63, 3.8) is 0 Å². The summed E-state index contributed by atoms with van der Waals surface area (Å²) < 4.78 is 0. The van der Waals surface area contributed by atoms with Crippen molar-refractivity contribution in [3.8, 4) is 12.3 Å². The van der Waals surface area contributed by atoms with E-state index in [1.54, 1.807) is 16.7 Å². The Morgan fingerprint density at radius 2 is 2.15 bits per heavy atom. The molecule has 2 atom stereocenters. The van der Waals surface area contributed by atoms with Gasteiger partial charge in [0.2, 0.25) is 11.8 Å². The molecule has 0 aliphatic carbocycles. The number of piperazine rings is 1. The van der Waals surface area contributed by atoms with Crippen LogP contribution in [0.15, 0.2) is 0 Å². The first kappa shape index (κ1) is 15.2. The third-order valence-electron chi connectivity index (χ3n) is 4.06. The van der Waals surface area contributed by atoms with Crippen LogP contribution in [-0.2, 0) is 9.59 Å². The van der Waals surface area contributed by atoms with Crippen LogP contribution in [0.25, 0.3) is 0 Å².